The third-order valence-electron chi connectivity index (χ3n) is 2.21. The van der Waals surface area contributed by atoms with Crippen molar-refractivity contribution in [1.82, 2.24) is 4.98 Å². The summed E-state index contributed by atoms with van der Waals surface area (Å²) in [5.41, 5.74) is 1.86. The van der Waals surface area contributed by atoms with Crippen LogP contribution >= 0.6 is 0 Å². The molecule has 0 N–H and O–H groups in total. The van der Waals surface area contributed by atoms with Crippen LogP contribution in [0, 0.1) is 6.57 Å². The fraction of sp³-hybridized carbons (Fsp3) is 0.167. The number of aromatic nitrogens is 1. The van der Waals surface area contributed by atoms with E-state index in [1.807, 2.05) is 24.3 Å². The van der Waals surface area contributed by atoms with E-state index >= 15 is 0 Å². The molecule has 0 aliphatic heterocycles. The van der Waals surface area contributed by atoms with Crippen molar-refractivity contribution in [3.05, 3.63) is 47.4 Å². The highest BCUT2D eigenvalue weighted by Crippen LogP contribution is 2.20. The van der Waals surface area contributed by atoms with Crippen LogP contribution in [0.1, 0.15) is 5.56 Å². The second-order valence-corrected chi connectivity index (χ2v) is 3.22. The van der Waals surface area contributed by atoms with Gasteiger partial charge in [-0.15, -0.1) is 0 Å². The fourth-order valence-electron chi connectivity index (χ4n) is 1.46. The van der Waals surface area contributed by atoms with Crippen LogP contribution in [0.15, 0.2) is 30.5 Å². The highest BCUT2D eigenvalue weighted by Gasteiger charge is 2.01. The van der Waals surface area contributed by atoms with E-state index in [1.54, 1.807) is 13.3 Å². The Labute approximate surface area is 88.1 Å². The molecule has 0 fully saturated rings. The van der Waals surface area contributed by atoms with E-state index in [-0.39, 0.29) is 0 Å². The second kappa shape index (κ2) is 3.97. The maximum absolute atomic E-state index is 6.80. The van der Waals surface area contributed by atoms with E-state index in [0.717, 1.165) is 22.2 Å². The highest BCUT2D eigenvalue weighted by molar-refractivity contribution is 5.80. The van der Waals surface area contributed by atoms with Gasteiger partial charge in [0.05, 0.1) is 12.6 Å². The summed E-state index contributed by atoms with van der Waals surface area (Å²) < 4.78 is 5.13. The Kier molecular flexibility index (Phi) is 2.51. The summed E-state index contributed by atoms with van der Waals surface area (Å²) in [6.07, 6.45) is 1.74. The summed E-state index contributed by atoms with van der Waals surface area (Å²) in [6.45, 7) is 7.17. The van der Waals surface area contributed by atoms with Gasteiger partial charge in [0.25, 0.3) is 0 Å². The van der Waals surface area contributed by atoms with Crippen LogP contribution in [0.4, 0.5) is 0 Å². The quantitative estimate of drug-likeness (QED) is 0.693. The van der Waals surface area contributed by atoms with Gasteiger partial charge in [-0.3, -0.25) is 4.98 Å². The minimum Gasteiger partial charge on any atom is -0.497 e. The van der Waals surface area contributed by atoms with Gasteiger partial charge in [0.1, 0.15) is 5.75 Å². The molecule has 2 aromatic rings. The molecule has 3 nitrogen and oxygen atoms in total. The van der Waals surface area contributed by atoms with Gasteiger partial charge >= 0.3 is 0 Å². The van der Waals surface area contributed by atoms with Crippen LogP contribution in [0.5, 0.6) is 5.75 Å². The number of fused-ring (bicyclic) bond motifs is 1. The fourth-order valence-corrected chi connectivity index (χ4v) is 1.46. The van der Waals surface area contributed by atoms with Gasteiger partial charge in [0.2, 0.25) is 6.54 Å². The highest BCUT2D eigenvalue weighted by atomic mass is 16.5. The van der Waals surface area contributed by atoms with Crippen molar-refractivity contribution in [2.45, 2.75) is 6.54 Å². The van der Waals surface area contributed by atoms with Crippen molar-refractivity contribution in [3.8, 4) is 5.75 Å². The molecular formula is C12H10N2O. The van der Waals surface area contributed by atoms with Crippen LogP contribution in [-0.2, 0) is 6.54 Å². The number of ether oxygens (including phenoxy) is 1. The van der Waals surface area contributed by atoms with E-state index < -0.39 is 0 Å². The predicted octanol–water partition coefficient (Wildman–Crippen LogP) is 2.66. The molecule has 2 rings (SSSR count). The molecule has 1 aromatic carbocycles. The van der Waals surface area contributed by atoms with Gasteiger partial charge in [0.15, 0.2) is 0 Å². The summed E-state index contributed by atoms with van der Waals surface area (Å²) >= 11 is 0. The molecule has 15 heavy (non-hydrogen) atoms. The lowest BCUT2D eigenvalue weighted by Crippen LogP contribution is -1.87. The van der Waals surface area contributed by atoms with Gasteiger partial charge in [-0.25, -0.2) is 6.57 Å². The minimum absolute atomic E-state index is 0.375. The first-order valence-corrected chi connectivity index (χ1v) is 4.59. The molecule has 0 atom stereocenters. The van der Waals surface area contributed by atoms with Gasteiger partial charge < -0.3 is 9.58 Å². The lowest BCUT2D eigenvalue weighted by Gasteiger charge is -2.02. The predicted molar refractivity (Wildman–Crippen MR) is 58.6 cm³/mol. The molecule has 1 aromatic heterocycles. The Balaban J connectivity index is 2.53. The lowest BCUT2D eigenvalue weighted by atomic mass is 10.1. The average molecular weight is 198 g/mol. The first-order valence-electron chi connectivity index (χ1n) is 4.59. The van der Waals surface area contributed by atoms with Crippen molar-refractivity contribution < 1.29 is 4.74 Å². The Hall–Kier alpha value is -2.08. The average Bonchev–Trinajstić information content (AvgIpc) is 2.28. The molecule has 0 bridgehead atoms. The number of rotatable bonds is 2. The van der Waals surface area contributed by atoms with Gasteiger partial charge in [0, 0.05) is 17.1 Å². The summed E-state index contributed by atoms with van der Waals surface area (Å²) in [4.78, 5) is 7.61. The van der Waals surface area contributed by atoms with E-state index in [0.29, 0.717) is 6.54 Å². The normalized spacial score (nSPS) is 9.87. The molecule has 0 aliphatic rings. The smallest absolute Gasteiger partial charge is 0.241 e. The number of hydrogen-bond acceptors (Lipinski definition) is 2. The molecule has 74 valence electrons. The summed E-state index contributed by atoms with van der Waals surface area (Å²) in [5, 5.41) is 1.01. The number of nitrogens with zero attached hydrogens (tertiary/aromatic N) is 2. The summed E-state index contributed by atoms with van der Waals surface area (Å²) in [7, 11) is 1.64. The monoisotopic (exact) mass is 198 g/mol. The molecule has 3 heteroatoms. The van der Waals surface area contributed by atoms with Crippen LogP contribution in [0.2, 0.25) is 0 Å². The molecule has 0 saturated carbocycles. The van der Waals surface area contributed by atoms with Gasteiger partial charge in [-0.1, -0.05) is 0 Å². The van der Waals surface area contributed by atoms with Gasteiger partial charge in [-0.2, -0.15) is 0 Å². The molecule has 1 heterocycles. The van der Waals surface area contributed by atoms with E-state index in [4.69, 9.17) is 11.3 Å². The Morgan fingerprint density at radius 2 is 2.27 bits per heavy atom. The van der Waals surface area contributed by atoms with Crippen molar-refractivity contribution >= 4 is 10.9 Å². The molecule has 0 radical (unpaired) electrons. The first-order chi connectivity index (χ1) is 7.33. The molecule has 0 amide bonds. The Morgan fingerprint density at radius 3 is 3.00 bits per heavy atom. The number of methoxy groups -OCH3 is 1. The zero-order chi connectivity index (χ0) is 10.7. The first kappa shape index (κ1) is 9.47. The molecule has 0 unspecified atom stereocenters. The SMILES string of the molecule is [C-]#[N+]Cc1cnc2ccc(OC)cc2c1. The number of hydrogen-bond donors (Lipinski definition) is 0. The number of pyridine rings is 1. The van der Waals surface area contributed by atoms with E-state index in [1.165, 1.54) is 0 Å². The van der Waals surface area contributed by atoms with E-state index in [9.17, 15) is 0 Å². The molecule has 0 spiro atoms. The standard InChI is InChI=1S/C12H10N2O/c1-13-7-9-5-10-6-11(15-2)3-4-12(10)14-8-9/h3-6,8H,7H2,2H3. The molecular weight excluding hydrogens is 188 g/mol. The van der Waals surface area contributed by atoms with Crippen molar-refractivity contribution in [3.63, 3.8) is 0 Å². The maximum atomic E-state index is 6.80. The molecule has 0 aliphatic carbocycles. The maximum Gasteiger partial charge on any atom is 0.241 e. The third-order valence-corrected chi connectivity index (χ3v) is 2.21. The topological polar surface area (TPSA) is 26.5 Å². The minimum atomic E-state index is 0.375. The van der Waals surface area contributed by atoms with Crippen molar-refractivity contribution in [2.75, 3.05) is 7.11 Å². The van der Waals surface area contributed by atoms with Crippen LogP contribution < -0.4 is 4.74 Å². The zero-order valence-electron chi connectivity index (χ0n) is 8.40. The second-order valence-electron chi connectivity index (χ2n) is 3.22. The van der Waals surface area contributed by atoms with Crippen LogP contribution in [0.25, 0.3) is 15.7 Å². The lowest BCUT2D eigenvalue weighted by molar-refractivity contribution is 0.415. The summed E-state index contributed by atoms with van der Waals surface area (Å²) in [5.74, 6) is 0.810. The van der Waals surface area contributed by atoms with Crippen LogP contribution in [0.3, 0.4) is 0 Å². The Morgan fingerprint density at radius 1 is 1.40 bits per heavy atom. The van der Waals surface area contributed by atoms with Crippen LogP contribution in [-0.4, -0.2) is 12.1 Å². The number of benzene rings is 1. The van der Waals surface area contributed by atoms with Crippen molar-refractivity contribution in [1.29, 1.82) is 0 Å². The van der Waals surface area contributed by atoms with E-state index in [2.05, 4.69) is 9.83 Å². The third kappa shape index (κ3) is 1.89. The largest absolute Gasteiger partial charge is 0.497 e. The Bertz CT molecular complexity index is 529. The molecule has 0 saturated heterocycles. The van der Waals surface area contributed by atoms with Crippen molar-refractivity contribution in [2.24, 2.45) is 0 Å². The summed E-state index contributed by atoms with van der Waals surface area (Å²) in [6, 6.07) is 7.69. The van der Waals surface area contributed by atoms with Gasteiger partial charge in [-0.05, 0) is 24.3 Å². The zero-order valence-corrected chi connectivity index (χ0v) is 8.40.